The normalized spacial score (nSPS) is 19.3. The van der Waals surface area contributed by atoms with Crippen LogP contribution in [0.25, 0.3) is 0 Å². The van der Waals surface area contributed by atoms with Crippen molar-refractivity contribution in [3.05, 3.63) is 0 Å². The van der Waals surface area contributed by atoms with Crippen LogP contribution in [0.2, 0.25) is 0 Å². The maximum Gasteiger partial charge on any atom is 0.191 e. The van der Waals surface area contributed by atoms with Gasteiger partial charge in [0, 0.05) is 32.5 Å². The van der Waals surface area contributed by atoms with Gasteiger partial charge in [-0.05, 0) is 31.6 Å². The number of rotatable bonds is 8. The first kappa shape index (κ1) is 22.9. The zero-order valence-electron chi connectivity index (χ0n) is 14.7. The molecule has 0 aromatic heterocycles. The van der Waals surface area contributed by atoms with Crippen LogP contribution in [0, 0.1) is 5.41 Å². The van der Waals surface area contributed by atoms with Crippen molar-refractivity contribution in [1.82, 2.24) is 10.6 Å². The molecule has 1 atom stereocenters. The zero-order chi connectivity index (χ0) is 16.6. The predicted molar refractivity (Wildman–Crippen MR) is 106 cm³/mol. The summed E-state index contributed by atoms with van der Waals surface area (Å²) < 4.78 is 28.2. The predicted octanol–water partition coefficient (Wildman–Crippen LogP) is 1.80. The Balaban J connectivity index is 0.00000484. The number of halogens is 1. The minimum absolute atomic E-state index is 0. The molecule has 6 nitrogen and oxygen atoms in total. The standard InChI is InChI=1S/C15H31N3O3S.HI/c1-5-16-14(17-11-13-7-6-9-21-13)18-12-15(2,3)8-10-22(4,19)20;/h13H,5-12H2,1-4H3,(H2,16,17,18);1H. The van der Waals surface area contributed by atoms with Gasteiger partial charge in [-0.3, -0.25) is 4.99 Å². The van der Waals surface area contributed by atoms with E-state index < -0.39 is 9.84 Å². The molecule has 0 saturated carbocycles. The van der Waals surface area contributed by atoms with Gasteiger partial charge in [0.1, 0.15) is 9.84 Å². The molecule has 138 valence electrons. The van der Waals surface area contributed by atoms with Crippen molar-refractivity contribution in [2.24, 2.45) is 10.4 Å². The number of nitrogens with one attached hydrogen (secondary N) is 2. The number of aliphatic imine (C=N–C) groups is 1. The molecule has 1 heterocycles. The second-order valence-corrected chi connectivity index (χ2v) is 9.01. The average molecular weight is 461 g/mol. The van der Waals surface area contributed by atoms with E-state index in [4.69, 9.17) is 4.74 Å². The van der Waals surface area contributed by atoms with Crippen molar-refractivity contribution in [3.8, 4) is 0 Å². The van der Waals surface area contributed by atoms with E-state index in [2.05, 4.69) is 15.6 Å². The van der Waals surface area contributed by atoms with Crippen LogP contribution >= 0.6 is 24.0 Å². The van der Waals surface area contributed by atoms with Gasteiger partial charge in [0.05, 0.1) is 11.9 Å². The highest BCUT2D eigenvalue weighted by Crippen LogP contribution is 2.21. The van der Waals surface area contributed by atoms with E-state index in [0.29, 0.717) is 13.0 Å². The Kier molecular flexibility index (Phi) is 10.7. The Hall–Kier alpha value is -0.0900. The molecule has 1 fully saturated rings. The third-order valence-corrected chi connectivity index (χ3v) is 4.63. The number of sulfone groups is 1. The third-order valence-electron chi connectivity index (χ3n) is 3.68. The fourth-order valence-corrected chi connectivity index (χ4v) is 3.11. The Morgan fingerprint density at radius 1 is 1.35 bits per heavy atom. The lowest BCUT2D eigenvalue weighted by Crippen LogP contribution is -2.41. The highest BCUT2D eigenvalue weighted by molar-refractivity contribution is 14.0. The molecule has 0 aromatic carbocycles. The summed E-state index contributed by atoms with van der Waals surface area (Å²) in [6, 6.07) is 0. The Morgan fingerprint density at radius 3 is 2.57 bits per heavy atom. The number of hydrogen-bond acceptors (Lipinski definition) is 4. The number of guanidine groups is 1. The second-order valence-electron chi connectivity index (χ2n) is 6.76. The van der Waals surface area contributed by atoms with Gasteiger partial charge in [0.25, 0.3) is 0 Å². The summed E-state index contributed by atoms with van der Waals surface area (Å²) in [7, 11) is -2.92. The number of hydrogen-bond donors (Lipinski definition) is 2. The first-order valence-corrected chi connectivity index (χ1v) is 10.1. The van der Waals surface area contributed by atoms with Crippen LogP contribution in [0.1, 0.15) is 40.0 Å². The van der Waals surface area contributed by atoms with Crippen LogP contribution in [-0.2, 0) is 14.6 Å². The second kappa shape index (κ2) is 10.7. The fourth-order valence-electron chi connectivity index (χ4n) is 2.19. The molecule has 0 spiro atoms. The average Bonchev–Trinajstić information content (AvgIpc) is 2.92. The first-order chi connectivity index (χ1) is 10.2. The summed E-state index contributed by atoms with van der Waals surface area (Å²) in [6.45, 7) is 9.10. The molecule has 1 rings (SSSR count). The molecule has 1 unspecified atom stereocenters. The van der Waals surface area contributed by atoms with Crippen molar-refractivity contribution >= 4 is 39.8 Å². The van der Waals surface area contributed by atoms with Gasteiger partial charge in [0.15, 0.2) is 5.96 Å². The Bertz CT molecular complexity index is 461. The maximum atomic E-state index is 11.3. The molecule has 1 aliphatic heterocycles. The van der Waals surface area contributed by atoms with Crippen molar-refractivity contribution in [1.29, 1.82) is 0 Å². The summed E-state index contributed by atoms with van der Waals surface area (Å²) in [4.78, 5) is 4.59. The van der Waals surface area contributed by atoms with Gasteiger partial charge in [-0.1, -0.05) is 13.8 Å². The van der Waals surface area contributed by atoms with E-state index in [1.54, 1.807) is 0 Å². The van der Waals surface area contributed by atoms with Gasteiger partial charge >= 0.3 is 0 Å². The SMILES string of the molecule is CCNC(=NCC(C)(C)CCS(C)(=O)=O)NCC1CCCO1.I. The fraction of sp³-hybridized carbons (Fsp3) is 0.933. The third kappa shape index (κ3) is 11.1. The Labute approximate surface area is 158 Å². The summed E-state index contributed by atoms with van der Waals surface area (Å²) in [5.74, 6) is 0.973. The quantitative estimate of drug-likeness (QED) is 0.328. The molecule has 1 saturated heterocycles. The lowest BCUT2D eigenvalue weighted by Gasteiger charge is -2.23. The van der Waals surface area contributed by atoms with Crippen LogP contribution < -0.4 is 10.6 Å². The smallest absolute Gasteiger partial charge is 0.191 e. The summed E-state index contributed by atoms with van der Waals surface area (Å²) in [6.07, 6.45) is 4.37. The van der Waals surface area contributed by atoms with Gasteiger partial charge < -0.3 is 15.4 Å². The number of ether oxygens (including phenoxy) is 1. The molecular formula is C15H32IN3O3S. The largest absolute Gasteiger partial charge is 0.376 e. The van der Waals surface area contributed by atoms with E-state index in [0.717, 1.165) is 38.5 Å². The molecule has 0 amide bonds. The van der Waals surface area contributed by atoms with E-state index in [1.165, 1.54) is 6.26 Å². The van der Waals surface area contributed by atoms with Crippen molar-refractivity contribution < 1.29 is 13.2 Å². The van der Waals surface area contributed by atoms with E-state index >= 15 is 0 Å². The molecule has 23 heavy (non-hydrogen) atoms. The molecule has 1 aliphatic rings. The van der Waals surface area contributed by atoms with Crippen LogP contribution in [0.4, 0.5) is 0 Å². The molecule has 0 aliphatic carbocycles. The summed E-state index contributed by atoms with van der Waals surface area (Å²) >= 11 is 0. The van der Waals surface area contributed by atoms with E-state index in [-0.39, 0.29) is 41.2 Å². The molecular weight excluding hydrogens is 429 g/mol. The van der Waals surface area contributed by atoms with Gasteiger partial charge in [-0.25, -0.2) is 8.42 Å². The topological polar surface area (TPSA) is 79.8 Å². The molecule has 0 radical (unpaired) electrons. The van der Waals surface area contributed by atoms with Gasteiger partial charge in [-0.15, -0.1) is 24.0 Å². The minimum atomic E-state index is -2.92. The summed E-state index contributed by atoms with van der Waals surface area (Å²) in [5, 5.41) is 6.52. The highest BCUT2D eigenvalue weighted by atomic mass is 127. The molecule has 8 heteroatoms. The van der Waals surface area contributed by atoms with E-state index in [1.807, 2.05) is 20.8 Å². The van der Waals surface area contributed by atoms with Crippen LogP contribution in [0.3, 0.4) is 0 Å². The Morgan fingerprint density at radius 2 is 2.04 bits per heavy atom. The highest BCUT2D eigenvalue weighted by Gasteiger charge is 2.20. The first-order valence-electron chi connectivity index (χ1n) is 8.03. The van der Waals surface area contributed by atoms with Crippen LogP contribution in [0.5, 0.6) is 0 Å². The molecule has 0 aromatic rings. The zero-order valence-corrected chi connectivity index (χ0v) is 17.9. The minimum Gasteiger partial charge on any atom is -0.376 e. The van der Waals surface area contributed by atoms with Gasteiger partial charge in [-0.2, -0.15) is 0 Å². The molecule has 2 N–H and O–H groups in total. The van der Waals surface area contributed by atoms with E-state index in [9.17, 15) is 8.42 Å². The molecule has 0 bridgehead atoms. The number of nitrogens with zero attached hydrogens (tertiary/aromatic N) is 1. The van der Waals surface area contributed by atoms with Gasteiger partial charge in [0.2, 0.25) is 0 Å². The monoisotopic (exact) mass is 461 g/mol. The van der Waals surface area contributed by atoms with Crippen LogP contribution in [-0.4, -0.2) is 58.7 Å². The summed E-state index contributed by atoms with van der Waals surface area (Å²) in [5.41, 5.74) is -0.144. The lowest BCUT2D eigenvalue weighted by molar-refractivity contribution is 0.113. The van der Waals surface area contributed by atoms with Crippen LogP contribution in [0.15, 0.2) is 4.99 Å². The van der Waals surface area contributed by atoms with Crippen molar-refractivity contribution in [2.45, 2.75) is 46.1 Å². The van der Waals surface area contributed by atoms with Crippen molar-refractivity contribution in [2.75, 3.05) is 38.2 Å². The lowest BCUT2D eigenvalue weighted by atomic mass is 9.90. The maximum absolute atomic E-state index is 11.3. The van der Waals surface area contributed by atoms with Crippen molar-refractivity contribution in [3.63, 3.8) is 0 Å².